The Morgan fingerprint density at radius 1 is 0.959 bits per heavy atom. The van der Waals surface area contributed by atoms with Gasteiger partial charge in [-0.05, 0) is 94.1 Å². The van der Waals surface area contributed by atoms with E-state index in [9.17, 15) is 14.2 Å². The van der Waals surface area contributed by atoms with Crippen LogP contribution in [0.2, 0.25) is 0 Å². The Morgan fingerprint density at radius 2 is 1.69 bits per heavy atom. The summed E-state index contributed by atoms with van der Waals surface area (Å²) in [5.41, 5.74) is 3.76. The lowest BCUT2D eigenvalue weighted by atomic mass is 10.0. The van der Waals surface area contributed by atoms with Crippen molar-refractivity contribution < 1.29 is 28.0 Å². The van der Waals surface area contributed by atoms with Crippen molar-refractivity contribution in [3.8, 4) is 22.1 Å². The highest BCUT2D eigenvalue weighted by atomic mass is 32.1. The van der Waals surface area contributed by atoms with Crippen LogP contribution < -0.4 is 15.4 Å². The predicted octanol–water partition coefficient (Wildman–Crippen LogP) is 8.35. The molecule has 0 aliphatic heterocycles. The van der Waals surface area contributed by atoms with Gasteiger partial charge in [-0.2, -0.15) is 0 Å². The number of ether oxygens (including phenoxy) is 2. The second kappa shape index (κ2) is 16.9. The molecule has 0 unspecified atom stereocenters. The molecule has 0 amide bonds. The van der Waals surface area contributed by atoms with Crippen LogP contribution >= 0.6 is 18.5 Å². The lowest BCUT2D eigenvalue weighted by molar-refractivity contribution is -0.138. The number of carbonyl (C=O) groups excluding carboxylic acids is 2. The lowest BCUT2D eigenvalue weighted by Crippen LogP contribution is -2.17. The van der Waals surface area contributed by atoms with Crippen LogP contribution in [-0.4, -0.2) is 47.7 Å². The van der Waals surface area contributed by atoms with Crippen LogP contribution in [0.5, 0.6) is 11.5 Å². The minimum absolute atomic E-state index is 0.0527. The van der Waals surface area contributed by atoms with Gasteiger partial charge in [0.05, 0.1) is 20.8 Å². The summed E-state index contributed by atoms with van der Waals surface area (Å²) in [5, 5.41) is 4.12. The van der Waals surface area contributed by atoms with E-state index >= 15 is 4.39 Å². The van der Waals surface area contributed by atoms with Gasteiger partial charge in [-0.3, -0.25) is 19.6 Å². The van der Waals surface area contributed by atoms with E-state index in [-0.39, 0.29) is 30.0 Å². The highest BCUT2D eigenvalue weighted by Gasteiger charge is 2.16. The summed E-state index contributed by atoms with van der Waals surface area (Å²) in [6, 6.07) is 19.6. The molecular formula is C38H43FN3O5PS. The van der Waals surface area contributed by atoms with Gasteiger partial charge in [0.1, 0.15) is 24.3 Å². The van der Waals surface area contributed by atoms with Crippen LogP contribution in [0.3, 0.4) is 0 Å². The summed E-state index contributed by atoms with van der Waals surface area (Å²) in [4.78, 5) is 32.4. The summed E-state index contributed by atoms with van der Waals surface area (Å²) in [6.07, 6.45) is 4.88. The van der Waals surface area contributed by atoms with Crippen molar-refractivity contribution in [2.24, 2.45) is 0 Å². The van der Waals surface area contributed by atoms with Gasteiger partial charge in [-0.15, -0.1) is 11.3 Å². The van der Waals surface area contributed by atoms with E-state index < -0.39 is 13.0 Å². The summed E-state index contributed by atoms with van der Waals surface area (Å²) in [6.45, 7) is 13.2. The third-order valence-corrected chi connectivity index (χ3v) is 9.84. The molecule has 258 valence electrons. The van der Waals surface area contributed by atoms with Crippen molar-refractivity contribution in [1.82, 2.24) is 15.3 Å². The molecule has 0 spiro atoms. The second-order valence-corrected chi connectivity index (χ2v) is 17.2. The lowest BCUT2D eigenvalue weighted by Gasteiger charge is -2.14. The average molecular weight is 704 g/mol. The van der Waals surface area contributed by atoms with Crippen molar-refractivity contribution in [1.29, 1.82) is 0 Å². The molecule has 8 nitrogen and oxygen atoms in total. The van der Waals surface area contributed by atoms with E-state index in [0.29, 0.717) is 17.8 Å². The Morgan fingerprint density at radius 3 is 2.31 bits per heavy atom. The third-order valence-electron chi connectivity index (χ3n) is 7.16. The maximum atomic E-state index is 15.1. The van der Waals surface area contributed by atoms with Crippen LogP contribution in [0.4, 0.5) is 4.39 Å². The molecule has 0 saturated carbocycles. The Bertz CT molecular complexity index is 1930. The highest BCUT2D eigenvalue weighted by molar-refractivity contribution is 7.70. The fraction of sp³-hybridized carbons (Fsp3) is 0.316. The number of benzene rings is 2. The zero-order chi connectivity index (χ0) is 35.6. The van der Waals surface area contributed by atoms with E-state index in [2.05, 4.69) is 33.0 Å². The quantitative estimate of drug-likeness (QED) is 0.0741. The molecule has 5 aromatic rings. The molecule has 0 radical (unpaired) electrons. The fourth-order valence-corrected chi connectivity index (χ4v) is 6.69. The number of hydrogen-bond acceptors (Lipinski definition) is 9. The molecule has 5 rings (SSSR count). The number of ketones is 1. The second-order valence-electron chi connectivity index (χ2n) is 13.0. The van der Waals surface area contributed by atoms with Gasteiger partial charge >= 0.3 is 0 Å². The van der Waals surface area contributed by atoms with E-state index in [4.69, 9.17) is 4.74 Å². The number of Topliss-reactive ketones (excluding diaryl/α,β-unsaturated/α-hetero) is 1. The molecule has 11 heteroatoms. The van der Waals surface area contributed by atoms with Gasteiger partial charge in [0, 0.05) is 43.2 Å². The number of hydrogen-bond donors (Lipinski definition) is 1. The van der Waals surface area contributed by atoms with E-state index in [1.807, 2.05) is 63.4 Å². The molecule has 2 aromatic carbocycles. The van der Waals surface area contributed by atoms with Crippen molar-refractivity contribution in [3.05, 3.63) is 102 Å². The van der Waals surface area contributed by atoms with Crippen LogP contribution in [0.1, 0.15) is 50.8 Å². The number of rotatable bonds is 13. The summed E-state index contributed by atoms with van der Waals surface area (Å²) < 4.78 is 38.9. The monoisotopic (exact) mass is 703 g/mol. The summed E-state index contributed by atoms with van der Waals surface area (Å²) >= 11 is 1.49. The van der Waals surface area contributed by atoms with Crippen LogP contribution in [-0.2, 0) is 38.3 Å². The van der Waals surface area contributed by atoms with Gasteiger partial charge in [0.2, 0.25) is 0 Å². The Balaban J connectivity index is 0.000000698. The van der Waals surface area contributed by atoms with Crippen LogP contribution in [0, 0.1) is 5.82 Å². The molecule has 0 aliphatic rings. The summed E-state index contributed by atoms with van der Waals surface area (Å²) in [7, 11) is -2.42. The number of halogens is 1. The molecular weight excluding hydrogens is 660 g/mol. The topological polar surface area (TPSA) is 107 Å². The standard InChI is InChI=1S/C33H33FN3O3PS.C5H10O2/c1-4-13-35-20-24-8-10-28(37-21-24)32-19-29-33(42-32)31(12-14-36-29)40-30-11-9-23(18-27(30)34)16-25(38)15-22-6-5-7-26(17-22)41(2,3)39;1-5(2,3)7-4-6/h5-12,14,17-19,21,35H,4,13,15-16,20H2,1-3H3;4H,1-3H3. The maximum Gasteiger partial charge on any atom is 0.293 e. The number of nitrogens with one attached hydrogen (secondary N) is 1. The number of fused-ring (bicyclic) bond motifs is 1. The van der Waals surface area contributed by atoms with E-state index in [0.717, 1.165) is 56.7 Å². The first kappa shape index (κ1) is 37.6. The number of nitrogens with zero attached hydrogens (tertiary/aromatic N) is 2. The molecule has 0 saturated heterocycles. The van der Waals surface area contributed by atoms with Gasteiger partial charge in [0.25, 0.3) is 6.47 Å². The minimum atomic E-state index is -2.42. The first-order valence-corrected chi connectivity index (χ1v) is 19.5. The smallest absolute Gasteiger partial charge is 0.293 e. The largest absolute Gasteiger partial charge is 0.462 e. The van der Waals surface area contributed by atoms with Crippen molar-refractivity contribution in [3.63, 3.8) is 0 Å². The normalized spacial score (nSPS) is 11.5. The van der Waals surface area contributed by atoms with Gasteiger partial charge in [-0.25, -0.2) is 4.39 Å². The van der Waals surface area contributed by atoms with Gasteiger partial charge in [0.15, 0.2) is 11.6 Å². The molecule has 3 heterocycles. The third kappa shape index (κ3) is 11.4. The Hall–Kier alpha value is -4.24. The molecule has 0 bridgehead atoms. The minimum Gasteiger partial charge on any atom is -0.462 e. The van der Waals surface area contributed by atoms with E-state index in [1.54, 1.807) is 37.7 Å². The van der Waals surface area contributed by atoms with Crippen molar-refractivity contribution in [2.75, 3.05) is 19.9 Å². The Labute approximate surface area is 291 Å². The van der Waals surface area contributed by atoms with Crippen molar-refractivity contribution >= 4 is 46.3 Å². The number of thiophene rings is 1. The van der Waals surface area contributed by atoms with Crippen LogP contribution in [0.15, 0.2) is 79.1 Å². The highest BCUT2D eigenvalue weighted by Crippen LogP contribution is 2.39. The molecule has 1 N–H and O–H groups in total. The predicted molar refractivity (Wildman–Crippen MR) is 196 cm³/mol. The molecule has 0 fully saturated rings. The van der Waals surface area contributed by atoms with Crippen molar-refractivity contribution in [2.45, 2.75) is 59.1 Å². The number of carbonyl (C=O) groups is 2. The Kier molecular flexibility index (Phi) is 13.0. The number of pyridine rings is 2. The van der Waals surface area contributed by atoms with E-state index in [1.165, 1.54) is 17.4 Å². The first-order valence-electron chi connectivity index (χ1n) is 16.0. The SMILES string of the molecule is CC(C)(C)OC=O.CCCNCc1ccc(-c2cc3nccc(Oc4ccc(CC(=O)Cc5cccc(P(C)(C)=O)c5)cc4F)c3s2)nc1. The van der Waals surface area contributed by atoms with Gasteiger partial charge < -0.3 is 19.4 Å². The molecule has 3 aromatic heterocycles. The first-order chi connectivity index (χ1) is 23.3. The number of aromatic nitrogens is 2. The maximum absolute atomic E-state index is 15.1. The zero-order valence-electron chi connectivity index (χ0n) is 28.8. The van der Waals surface area contributed by atoms with Gasteiger partial charge in [-0.1, -0.05) is 37.3 Å². The molecule has 0 atom stereocenters. The summed E-state index contributed by atoms with van der Waals surface area (Å²) in [5.74, 6) is -0.0209. The zero-order valence-corrected chi connectivity index (χ0v) is 30.5. The molecule has 49 heavy (non-hydrogen) atoms. The fourth-order valence-electron chi connectivity index (χ4n) is 4.72. The average Bonchev–Trinajstić information content (AvgIpc) is 3.48. The molecule has 0 aliphatic carbocycles. The van der Waals surface area contributed by atoms with Crippen LogP contribution in [0.25, 0.3) is 20.8 Å².